The first-order valence-corrected chi connectivity index (χ1v) is 5.84. The largest absolute Gasteiger partial charge is 0.369 e. The number of carbonyl (C=O) groups is 1. The predicted octanol–water partition coefficient (Wildman–Crippen LogP) is 0.968. The number of nitrogens with one attached hydrogen (secondary N) is 2. The second-order valence-electron chi connectivity index (χ2n) is 4.09. The fraction of sp³-hybridized carbons (Fsp3) is 0.545. The van der Waals surface area contributed by atoms with Crippen molar-refractivity contribution in [3.63, 3.8) is 0 Å². The highest BCUT2D eigenvalue weighted by Crippen LogP contribution is 2.23. The Morgan fingerprint density at radius 2 is 2.33 bits per heavy atom. The molecule has 0 aliphatic carbocycles. The molecule has 0 aliphatic heterocycles. The van der Waals surface area contributed by atoms with Crippen molar-refractivity contribution >= 4 is 22.8 Å². The number of aromatic nitrogens is 4. The fourth-order valence-electron chi connectivity index (χ4n) is 1.87. The van der Waals surface area contributed by atoms with E-state index < -0.39 is 6.10 Å². The Bertz CT molecular complexity index is 571. The summed E-state index contributed by atoms with van der Waals surface area (Å²) in [5.41, 5.74) is 1.53. The summed E-state index contributed by atoms with van der Waals surface area (Å²) in [4.78, 5) is 11.9. The van der Waals surface area contributed by atoms with E-state index in [1.54, 1.807) is 11.6 Å². The summed E-state index contributed by atoms with van der Waals surface area (Å²) < 4.78 is 6.90. The molecule has 98 valence electrons. The standard InChI is InChI=1S/C11H17N5O2/c1-5-18-7(3)11(17)12-9-8-6(2)15-16(4)10(8)14-13-9/h7H,5H2,1-4H3,(H2,12,13,14,17). The van der Waals surface area contributed by atoms with Crippen LogP contribution in [-0.2, 0) is 16.6 Å². The lowest BCUT2D eigenvalue weighted by atomic mass is 10.3. The van der Waals surface area contributed by atoms with Crippen molar-refractivity contribution in [1.82, 2.24) is 20.0 Å². The molecule has 0 aromatic carbocycles. The van der Waals surface area contributed by atoms with E-state index >= 15 is 0 Å². The third-order valence-electron chi connectivity index (χ3n) is 2.75. The third-order valence-corrected chi connectivity index (χ3v) is 2.75. The van der Waals surface area contributed by atoms with E-state index in [1.807, 2.05) is 20.9 Å². The number of H-pyrrole nitrogens is 1. The van der Waals surface area contributed by atoms with Crippen molar-refractivity contribution < 1.29 is 9.53 Å². The zero-order chi connectivity index (χ0) is 13.3. The molecular weight excluding hydrogens is 234 g/mol. The van der Waals surface area contributed by atoms with Crippen molar-refractivity contribution in [2.24, 2.45) is 7.05 Å². The Morgan fingerprint density at radius 3 is 3.00 bits per heavy atom. The highest BCUT2D eigenvalue weighted by Gasteiger charge is 2.18. The molecule has 2 aromatic heterocycles. The number of anilines is 1. The van der Waals surface area contributed by atoms with Crippen LogP contribution in [0.4, 0.5) is 5.82 Å². The summed E-state index contributed by atoms with van der Waals surface area (Å²) in [6.07, 6.45) is -0.495. The van der Waals surface area contributed by atoms with E-state index in [0.29, 0.717) is 18.1 Å². The van der Waals surface area contributed by atoms with E-state index in [1.165, 1.54) is 0 Å². The minimum Gasteiger partial charge on any atom is -0.369 e. The monoisotopic (exact) mass is 251 g/mol. The highest BCUT2D eigenvalue weighted by atomic mass is 16.5. The van der Waals surface area contributed by atoms with Gasteiger partial charge in [0, 0.05) is 13.7 Å². The van der Waals surface area contributed by atoms with Gasteiger partial charge in [-0.3, -0.25) is 9.89 Å². The minimum absolute atomic E-state index is 0.203. The number of nitrogens with zero attached hydrogens (tertiary/aromatic N) is 3. The van der Waals surface area contributed by atoms with Gasteiger partial charge in [-0.15, -0.1) is 0 Å². The average Bonchev–Trinajstić information content (AvgIpc) is 2.83. The number of aryl methyl sites for hydroxylation is 2. The maximum Gasteiger partial charge on any atom is 0.254 e. The normalized spacial score (nSPS) is 12.9. The first kappa shape index (κ1) is 12.6. The molecule has 1 atom stereocenters. The number of hydrogen-bond acceptors (Lipinski definition) is 4. The van der Waals surface area contributed by atoms with Crippen LogP contribution >= 0.6 is 0 Å². The van der Waals surface area contributed by atoms with Gasteiger partial charge in [-0.2, -0.15) is 10.2 Å². The Kier molecular flexibility index (Phi) is 3.33. The minimum atomic E-state index is -0.495. The number of aromatic amines is 1. The molecule has 2 aromatic rings. The molecule has 7 nitrogen and oxygen atoms in total. The van der Waals surface area contributed by atoms with Gasteiger partial charge in [-0.25, -0.2) is 4.68 Å². The van der Waals surface area contributed by atoms with Gasteiger partial charge in [-0.1, -0.05) is 0 Å². The van der Waals surface area contributed by atoms with Gasteiger partial charge in [0.15, 0.2) is 5.65 Å². The Morgan fingerprint density at radius 1 is 1.61 bits per heavy atom. The lowest BCUT2D eigenvalue weighted by Crippen LogP contribution is -2.27. The molecular formula is C11H17N5O2. The summed E-state index contributed by atoms with van der Waals surface area (Å²) >= 11 is 0. The molecule has 7 heteroatoms. The van der Waals surface area contributed by atoms with Crippen LogP contribution < -0.4 is 5.32 Å². The molecule has 0 saturated heterocycles. The molecule has 1 amide bonds. The van der Waals surface area contributed by atoms with Crippen LogP contribution in [-0.4, -0.2) is 38.6 Å². The van der Waals surface area contributed by atoms with E-state index in [0.717, 1.165) is 11.1 Å². The summed E-state index contributed by atoms with van der Waals surface area (Å²) in [5.74, 6) is 0.359. The maximum atomic E-state index is 11.9. The smallest absolute Gasteiger partial charge is 0.254 e. The first-order chi connectivity index (χ1) is 8.54. The second-order valence-corrected chi connectivity index (χ2v) is 4.09. The number of ether oxygens (including phenoxy) is 1. The lowest BCUT2D eigenvalue weighted by molar-refractivity contribution is -0.126. The lowest BCUT2D eigenvalue weighted by Gasteiger charge is -2.10. The number of rotatable bonds is 4. The Balaban J connectivity index is 2.24. The van der Waals surface area contributed by atoms with Crippen molar-refractivity contribution in [2.45, 2.75) is 26.9 Å². The Hall–Kier alpha value is -1.89. The van der Waals surface area contributed by atoms with Crippen LogP contribution in [0.15, 0.2) is 0 Å². The van der Waals surface area contributed by atoms with E-state index in [9.17, 15) is 4.79 Å². The molecule has 0 aliphatic rings. The summed E-state index contributed by atoms with van der Waals surface area (Å²) in [7, 11) is 1.81. The van der Waals surface area contributed by atoms with E-state index in [2.05, 4.69) is 20.6 Å². The zero-order valence-corrected chi connectivity index (χ0v) is 10.9. The molecule has 1 unspecified atom stereocenters. The van der Waals surface area contributed by atoms with Crippen LogP contribution in [0, 0.1) is 6.92 Å². The summed E-state index contributed by atoms with van der Waals surface area (Å²) in [5, 5.41) is 14.8. The molecule has 0 radical (unpaired) electrons. The predicted molar refractivity (Wildman–Crippen MR) is 67.3 cm³/mol. The highest BCUT2D eigenvalue weighted by molar-refractivity contribution is 6.01. The van der Waals surface area contributed by atoms with Crippen LogP contribution in [0.3, 0.4) is 0 Å². The molecule has 0 spiro atoms. The zero-order valence-electron chi connectivity index (χ0n) is 10.9. The summed E-state index contributed by atoms with van der Waals surface area (Å²) in [6, 6.07) is 0. The van der Waals surface area contributed by atoms with Crippen molar-refractivity contribution in [1.29, 1.82) is 0 Å². The van der Waals surface area contributed by atoms with Gasteiger partial charge in [0.1, 0.15) is 11.9 Å². The van der Waals surface area contributed by atoms with Gasteiger partial charge in [0.25, 0.3) is 5.91 Å². The number of fused-ring (bicyclic) bond motifs is 1. The van der Waals surface area contributed by atoms with Crippen molar-refractivity contribution in [3.8, 4) is 0 Å². The first-order valence-electron chi connectivity index (χ1n) is 5.84. The molecule has 0 fully saturated rings. The van der Waals surface area contributed by atoms with E-state index in [-0.39, 0.29) is 5.91 Å². The van der Waals surface area contributed by atoms with Gasteiger partial charge >= 0.3 is 0 Å². The topological polar surface area (TPSA) is 84.8 Å². The average molecular weight is 251 g/mol. The maximum absolute atomic E-state index is 11.9. The van der Waals surface area contributed by atoms with Crippen LogP contribution in [0.25, 0.3) is 11.0 Å². The van der Waals surface area contributed by atoms with Gasteiger partial charge in [0.05, 0.1) is 11.1 Å². The van der Waals surface area contributed by atoms with Crippen LogP contribution in [0.1, 0.15) is 19.5 Å². The van der Waals surface area contributed by atoms with Crippen molar-refractivity contribution in [3.05, 3.63) is 5.69 Å². The SMILES string of the molecule is CCOC(C)C(=O)Nc1[nH]nc2c1c(C)nn2C. The molecule has 2 N–H and O–H groups in total. The fourth-order valence-corrected chi connectivity index (χ4v) is 1.87. The van der Waals surface area contributed by atoms with Gasteiger partial charge < -0.3 is 10.1 Å². The number of hydrogen-bond donors (Lipinski definition) is 2. The second kappa shape index (κ2) is 4.77. The molecule has 18 heavy (non-hydrogen) atoms. The van der Waals surface area contributed by atoms with Crippen LogP contribution in [0.2, 0.25) is 0 Å². The molecule has 0 bridgehead atoms. The molecule has 0 saturated carbocycles. The van der Waals surface area contributed by atoms with Gasteiger partial charge in [-0.05, 0) is 20.8 Å². The van der Waals surface area contributed by atoms with Crippen LogP contribution in [0.5, 0.6) is 0 Å². The Labute approximate surface area is 104 Å². The van der Waals surface area contributed by atoms with Crippen molar-refractivity contribution in [2.75, 3.05) is 11.9 Å². The quantitative estimate of drug-likeness (QED) is 0.847. The van der Waals surface area contributed by atoms with E-state index in [4.69, 9.17) is 4.74 Å². The molecule has 2 rings (SSSR count). The third kappa shape index (κ3) is 2.08. The molecule has 2 heterocycles. The number of amides is 1. The number of carbonyl (C=O) groups excluding carboxylic acids is 1. The van der Waals surface area contributed by atoms with Gasteiger partial charge in [0.2, 0.25) is 0 Å². The summed E-state index contributed by atoms with van der Waals surface area (Å²) in [6.45, 7) is 5.93.